The monoisotopic (exact) mass is 214 g/mol. The van der Waals surface area contributed by atoms with Crippen LogP contribution in [0.25, 0.3) is 10.9 Å². The van der Waals surface area contributed by atoms with Crippen LogP contribution in [0.2, 0.25) is 0 Å². The third-order valence-corrected chi connectivity index (χ3v) is 2.38. The molecule has 0 radical (unpaired) electrons. The molecule has 0 aliphatic rings. The summed E-state index contributed by atoms with van der Waals surface area (Å²) in [5, 5.41) is 9.19. The number of benzene rings is 1. The SMILES string of the molecule is Cn1cc(C(=O)OCC#N)c2ccccc21. The maximum absolute atomic E-state index is 11.6. The van der Waals surface area contributed by atoms with Crippen molar-refractivity contribution in [3.63, 3.8) is 0 Å². The molecule has 0 amide bonds. The zero-order valence-corrected chi connectivity index (χ0v) is 8.80. The van der Waals surface area contributed by atoms with Crippen LogP contribution >= 0.6 is 0 Å². The number of hydrogen-bond acceptors (Lipinski definition) is 3. The predicted octanol–water partition coefficient (Wildman–Crippen LogP) is 1.86. The molecular formula is C12H10N2O2. The first-order valence-electron chi connectivity index (χ1n) is 4.82. The average Bonchev–Trinajstić information content (AvgIpc) is 2.65. The molecular weight excluding hydrogens is 204 g/mol. The van der Waals surface area contributed by atoms with Gasteiger partial charge in [-0.1, -0.05) is 18.2 Å². The van der Waals surface area contributed by atoms with Gasteiger partial charge in [-0.05, 0) is 6.07 Å². The second-order valence-corrected chi connectivity index (χ2v) is 3.41. The van der Waals surface area contributed by atoms with E-state index in [1.165, 1.54) is 0 Å². The second kappa shape index (κ2) is 4.07. The Morgan fingerprint density at radius 3 is 3.00 bits per heavy atom. The molecule has 4 nitrogen and oxygen atoms in total. The molecule has 1 aromatic carbocycles. The second-order valence-electron chi connectivity index (χ2n) is 3.41. The van der Waals surface area contributed by atoms with Crippen LogP contribution in [0.5, 0.6) is 0 Å². The van der Waals surface area contributed by atoms with Gasteiger partial charge in [-0.15, -0.1) is 0 Å². The fourth-order valence-corrected chi connectivity index (χ4v) is 1.68. The predicted molar refractivity (Wildman–Crippen MR) is 58.8 cm³/mol. The molecule has 1 aromatic heterocycles. The van der Waals surface area contributed by atoms with Crippen LogP contribution in [0.1, 0.15) is 10.4 Å². The van der Waals surface area contributed by atoms with Crippen molar-refractivity contribution in [1.29, 1.82) is 5.26 Å². The molecule has 0 aliphatic carbocycles. The molecule has 0 N–H and O–H groups in total. The zero-order chi connectivity index (χ0) is 11.5. The third kappa shape index (κ3) is 1.63. The van der Waals surface area contributed by atoms with Gasteiger partial charge in [-0.2, -0.15) is 5.26 Å². The van der Waals surface area contributed by atoms with Crippen molar-refractivity contribution < 1.29 is 9.53 Å². The van der Waals surface area contributed by atoms with Crippen LogP contribution in [0.3, 0.4) is 0 Å². The van der Waals surface area contributed by atoms with Crippen molar-refractivity contribution in [2.45, 2.75) is 0 Å². The summed E-state index contributed by atoms with van der Waals surface area (Å²) >= 11 is 0. The summed E-state index contributed by atoms with van der Waals surface area (Å²) in [6.45, 7) is -0.220. The number of carbonyl (C=O) groups excluding carboxylic acids is 1. The van der Waals surface area contributed by atoms with Gasteiger partial charge >= 0.3 is 5.97 Å². The van der Waals surface area contributed by atoms with Crippen LogP contribution in [-0.4, -0.2) is 17.1 Å². The Balaban J connectivity index is 2.46. The first-order valence-corrected chi connectivity index (χ1v) is 4.82. The molecule has 0 aliphatic heterocycles. The Kier molecular flexibility index (Phi) is 2.61. The van der Waals surface area contributed by atoms with Crippen LogP contribution in [0.4, 0.5) is 0 Å². The quantitative estimate of drug-likeness (QED) is 0.717. The summed E-state index contributed by atoms with van der Waals surface area (Å²) in [6, 6.07) is 9.33. The number of nitriles is 1. The first-order chi connectivity index (χ1) is 7.74. The molecule has 1 heterocycles. The van der Waals surface area contributed by atoms with E-state index in [0.29, 0.717) is 5.56 Å². The number of para-hydroxylation sites is 1. The number of hydrogen-bond donors (Lipinski definition) is 0. The van der Waals surface area contributed by atoms with Gasteiger partial charge in [0.2, 0.25) is 0 Å². The molecule has 2 rings (SSSR count). The average molecular weight is 214 g/mol. The van der Waals surface area contributed by atoms with E-state index >= 15 is 0 Å². The maximum Gasteiger partial charge on any atom is 0.341 e. The lowest BCUT2D eigenvalue weighted by Crippen LogP contribution is -2.04. The summed E-state index contributed by atoms with van der Waals surface area (Å²) in [5.41, 5.74) is 1.46. The third-order valence-electron chi connectivity index (χ3n) is 2.38. The highest BCUT2D eigenvalue weighted by molar-refractivity contribution is 6.04. The Bertz CT molecular complexity index is 578. The molecule has 0 unspecified atom stereocenters. The lowest BCUT2D eigenvalue weighted by Gasteiger charge is -1.97. The van der Waals surface area contributed by atoms with Crippen LogP contribution in [-0.2, 0) is 11.8 Å². The van der Waals surface area contributed by atoms with E-state index in [1.54, 1.807) is 12.3 Å². The summed E-state index contributed by atoms with van der Waals surface area (Å²) < 4.78 is 6.64. The number of esters is 1. The van der Waals surface area contributed by atoms with Gasteiger partial charge in [0.05, 0.1) is 5.56 Å². The lowest BCUT2D eigenvalue weighted by atomic mass is 10.2. The normalized spacial score (nSPS) is 10.0. The maximum atomic E-state index is 11.6. The van der Waals surface area contributed by atoms with Crippen molar-refractivity contribution in [3.05, 3.63) is 36.0 Å². The van der Waals surface area contributed by atoms with Crippen molar-refractivity contribution in [2.75, 3.05) is 6.61 Å². The van der Waals surface area contributed by atoms with Gasteiger partial charge in [0.1, 0.15) is 6.07 Å². The number of fused-ring (bicyclic) bond motifs is 1. The number of carbonyl (C=O) groups is 1. The molecule has 0 saturated heterocycles. The van der Waals surface area contributed by atoms with E-state index in [4.69, 9.17) is 10.00 Å². The molecule has 0 bridgehead atoms. The Morgan fingerprint density at radius 2 is 2.25 bits per heavy atom. The number of ether oxygens (including phenoxy) is 1. The molecule has 0 fully saturated rings. The minimum atomic E-state index is -0.460. The number of aromatic nitrogens is 1. The van der Waals surface area contributed by atoms with Gasteiger partial charge in [-0.25, -0.2) is 4.79 Å². The fourth-order valence-electron chi connectivity index (χ4n) is 1.68. The molecule has 0 saturated carbocycles. The van der Waals surface area contributed by atoms with Gasteiger partial charge in [0, 0.05) is 24.1 Å². The molecule has 80 valence electrons. The van der Waals surface area contributed by atoms with Gasteiger partial charge in [0.25, 0.3) is 0 Å². The van der Waals surface area contributed by atoms with E-state index in [2.05, 4.69) is 0 Å². The topological polar surface area (TPSA) is 55.0 Å². The standard InChI is InChI=1S/C12H10N2O2/c1-14-8-10(12(15)16-7-6-13)9-4-2-3-5-11(9)14/h2-5,8H,7H2,1H3. The van der Waals surface area contributed by atoms with Crippen LogP contribution in [0.15, 0.2) is 30.5 Å². The summed E-state index contributed by atoms with van der Waals surface area (Å²) in [5.74, 6) is -0.460. The van der Waals surface area contributed by atoms with Crippen LogP contribution < -0.4 is 0 Å². The summed E-state index contributed by atoms with van der Waals surface area (Å²) in [4.78, 5) is 11.6. The fraction of sp³-hybridized carbons (Fsp3) is 0.167. The van der Waals surface area contributed by atoms with Gasteiger partial charge in [-0.3, -0.25) is 0 Å². The Morgan fingerprint density at radius 1 is 1.50 bits per heavy atom. The van der Waals surface area contributed by atoms with E-state index in [9.17, 15) is 4.79 Å². The largest absolute Gasteiger partial charge is 0.447 e. The van der Waals surface area contributed by atoms with E-state index in [0.717, 1.165) is 10.9 Å². The number of rotatable bonds is 2. The van der Waals surface area contributed by atoms with E-state index in [1.807, 2.05) is 35.9 Å². The summed E-state index contributed by atoms with van der Waals surface area (Å²) in [6.07, 6.45) is 1.71. The van der Waals surface area contributed by atoms with Gasteiger partial charge < -0.3 is 9.30 Å². The highest BCUT2D eigenvalue weighted by Gasteiger charge is 2.14. The van der Waals surface area contributed by atoms with Crippen molar-refractivity contribution in [3.8, 4) is 6.07 Å². The lowest BCUT2D eigenvalue weighted by molar-refractivity contribution is 0.0557. The highest BCUT2D eigenvalue weighted by atomic mass is 16.5. The molecule has 2 aromatic rings. The zero-order valence-electron chi connectivity index (χ0n) is 8.80. The minimum absolute atomic E-state index is 0.220. The molecule has 0 spiro atoms. The minimum Gasteiger partial charge on any atom is -0.447 e. The Hall–Kier alpha value is -2.28. The van der Waals surface area contributed by atoms with Gasteiger partial charge in [0.15, 0.2) is 6.61 Å². The first kappa shape index (κ1) is 10.2. The van der Waals surface area contributed by atoms with E-state index < -0.39 is 5.97 Å². The number of aryl methyl sites for hydroxylation is 1. The van der Waals surface area contributed by atoms with Crippen molar-refractivity contribution in [2.24, 2.45) is 7.05 Å². The van der Waals surface area contributed by atoms with Crippen molar-refractivity contribution >= 4 is 16.9 Å². The Labute approximate surface area is 92.7 Å². The molecule has 0 atom stereocenters. The highest BCUT2D eigenvalue weighted by Crippen LogP contribution is 2.20. The summed E-state index contributed by atoms with van der Waals surface area (Å²) in [7, 11) is 1.86. The molecule has 16 heavy (non-hydrogen) atoms. The number of nitrogens with zero attached hydrogens (tertiary/aromatic N) is 2. The smallest absolute Gasteiger partial charge is 0.341 e. The van der Waals surface area contributed by atoms with E-state index in [-0.39, 0.29) is 6.61 Å². The van der Waals surface area contributed by atoms with Crippen LogP contribution in [0, 0.1) is 11.3 Å². The molecule has 4 heteroatoms. The van der Waals surface area contributed by atoms with Crippen molar-refractivity contribution in [1.82, 2.24) is 4.57 Å².